The van der Waals surface area contributed by atoms with Gasteiger partial charge in [-0.25, -0.2) is 0 Å². The van der Waals surface area contributed by atoms with Gasteiger partial charge < -0.3 is 4.90 Å². The first kappa shape index (κ1) is 31.9. The van der Waals surface area contributed by atoms with Gasteiger partial charge >= 0.3 is 0 Å². The molecule has 0 N–H and O–H groups in total. The van der Waals surface area contributed by atoms with Crippen molar-refractivity contribution in [2.45, 2.75) is 17.3 Å². The normalized spacial score (nSPS) is 16.1. The Morgan fingerprint density at radius 2 is 0.741 bits per heavy atom. The second-order valence-corrected chi connectivity index (χ2v) is 16.2. The summed E-state index contributed by atoms with van der Waals surface area (Å²) in [4.78, 5) is 2.51. The molecule has 8 aromatic carbocycles. The number of nitrogens with zero attached hydrogens (tertiary/aromatic N) is 1. The van der Waals surface area contributed by atoms with Crippen LogP contribution in [-0.2, 0) is 10.8 Å². The summed E-state index contributed by atoms with van der Waals surface area (Å²) < 4.78 is 0. The molecule has 0 aromatic heterocycles. The minimum absolute atomic E-state index is 0.420. The van der Waals surface area contributed by atoms with Crippen LogP contribution in [0, 0.1) is 0 Å². The number of anilines is 2. The van der Waals surface area contributed by atoms with Gasteiger partial charge in [-0.15, -0.1) is 0 Å². The van der Waals surface area contributed by atoms with E-state index in [1.165, 1.54) is 94.7 Å². The van der Waals surface area contributed by atoms with Gasteiger partial charge in [-0.05, 0) is 126 Å². The first-order valence-electron chi connectivity index (χ1n) is 20.5. The van der Waals surface area contributed by atoms with Gasteiger partial charge in [0.2, 0.25) is 0 Å². The van der Waals surface area contributed by atoms with E-state index < -0.39 is 10.8 Å². The number of para-hydroxylation sites is 1. The lowest BCUT2D eigenvalue weighted by atomic mass is 9.70. The van der Waals surface area contributed by atoms with Crippen LogP contribution >= 0.6 is 0 Å². The molecule has 0 saturated carbocycles. The van der Waals surface area contributed by atoms with Crippen molar-refractivity contribution in [3.63, 3.8) is 0 Å². The number of rotatable bonds is 3. The number of allylic oxidation sites excluding steroid dienone is 5. The van der Waals surface area contributed by atoms with Crippen molar-refractivity contribution in [1.82, 2.24) is 0 Å². The Morgan fingerprint density at radius 1 is 0.328 bits per heavy atom. The van der Waals surface area contributed by atoms with Crippen molar-refractivity contribution in [2.24, 2.45) is 0 Å². The molecule has 13 rings (SSSR count). The molecule has 1 nitrogen and oxygen atoms in total. The summed E-state index contributed by atoms with van der Waals surface area (Å²) in [5.41, 5.74) is 24.1. The van der Waals surface area contributed by atoms with Gasteiger partial charge in [-0.3, -0.25) is 0 Å². The van der Waals surface area contributed by atoms with E-state index in [-0.39, 0.29) is 0 Å². The maximum absolute atomic E-state index is 2.53. The highest BCUT2D eigenvalue weighted by Gasteiger charge is 2.54. The highest BCUT2D eigenvalue weighted by Crippen LogP contribution is 2.65. The SMILES string of the molecule is C1=C2C(=CC(N(c3ccccc3)c3ccc4c(c3)C3(c5ccccc5-c5ccccc53)c3ccccc3-4)=CC1)C1(c3ccccc32)c2ccccc2-c2ccccc21. The third-order valence-corrected chi connectivity index (χ3v) is 13.7. The molecule has 0 unspecified atom stereocenters. The second-order valence-electron chi connectivity index (χ2n) is 16.2. The van der Waals surface area contributed by atoms with Crippen LogP contribution < -0.4 is 4.90 Å². The molecule has 0 radical (unpaired) electrons. The maximum Gasteiger partial charge on any atom is 0.0726 e. The van der Waals surface area contributed by atoms with E-state index in [4.69, 9.17) is 0 Å². The summed E-state index contributed by atoms with van der Waals surface area (Å²) in [5, 5.41) is 0. The molecule has 0 fully saturated rings. The summed E-state index contributed by atoms with van der Waals surface area (Å²) >= 11 is 0. The summed E-state index contributed by atoms with van der Waals surface area (Å²) in [6, 6.07) is 72.8. The van der Waals surface area contributed by atoms with Crippen molar-refractivity contribution in [3.8, 4) is 33.4 Å². The van der Waals surface area contributed by atoms with Crippen LogP contribution in [0.4, 0.5) is 11.4 Å². The van der Waals surface area contributed by atoms with Gasteiger partial charge in [-0.2, -0.15) is 0 Å². The van der Waals surface area contributed by atoms with Crippen LogP contribution in [0.15, 0.2) is 224 Å². The van der Waals surface area contributed by atoms with E-state index in [0.717, 1.165) is 17.8 Å². The molecule has 58 heavy (non-hydrogen) atoms. The fraction of sp³-hybridized carbons (Fsp3) is 0.0526. The van der Waals surface area contributed by atoms with Gasteiger partial charge in [0.15, 0.2) is 0 Å². The lowest BCUT2D eigenvalue weighted by Gasteiger charge is -2.33. The number of hydrogen-bond acceptors (Lipinski definition) is 1. The molecule has 5 aliphatic carbocycles. The first-order chi connectivity index (χ1) is 28.8. The Morgan fingerprint density at radius 3 is 1.26 bits per heavy atom. The fourth-order valence-corrected chi connectivity index (χ4v) is 11.7. The van der Waals surface area contributed by atoms with E-state index in [1.807, 2.05) is 0 Å². The Kier molecular flexibility index (Phi) is 6.42. The number of hydrogen-bond donors (Lipinski definition) is 0. The van der Waals surface area contributed by atoms with Gasteiger partial charge in [-0.1, -0.05) is 182 Å². The quantitative estimate of drug-likeness (QED) is 0.175. The van der Waals surface area contributed by atoms with Gasteiger partial charge in [0.25, 0.3) is 0 Å². The van der Waals surface area contributed by atoms with Crippen molar-refractivity contribution in [3.05, 3.63) is 268 Å². The van der Waals surface area contributed by atoms with E-state index in [9.17, 15) is 0 Å². The molecular formula is C57H37N. The first-order valence-corrected chi connectivity index (χ1v) is 20.5. The molecule has 1 heteroatoms. The van der Waals surface area contributed by atoms with E-state index in [1.54, 1.807) is 0 Å². The molecule has 5 aliphatic rings. The van der Waals surface area contributed by atoms with Crippen molar-refractivity contribution in [1.29, 1.82) is 0 Å². The monoisotopic (exact) mass is 735 g/mol. The molecular weight excluding hydrogens is 699 g/mol. The molecule has 270 valence electrons. The summed E-state index contributed by atoms with van der Waals surface area (Å²) in [6.07, 6.45) is 8.26. The average molecular weight is 736 g/mol. The van der Waals surface area contributed by atoms with E-state index in [0.29, 0.717) is 0 Å². The fourth-order valence-electron chi connectivity index (χ4n) is 11.7. The average Bonchev–Trinajstić information content (AvgIpc) is 3.89. The molecule has 0 saturated heterocycles. The van der Waals surface area contributed by atoms with Gasteiger partial charge in [0, 0.05) is 17.1 Å². The predicted octanol–water partition coefficient (Wildman–Crippen LogP) is 13.8. The van der Waals surface area contributed by atoms with Crippen LogP contribution in [0.3, 0.4) is 0 Å². The molecule has 0 amide bonds. The standard InChI is InChI=1S/C57H37N/c1-2-17-37(18-3-1)58(39-33-34-47-45-25-9-15-32-53(45)57(55(47)36-39)50-29-12-6-22-42(50)43-23-7-13-30-51(43)57)38-19-16-26-46-44-24-8-14-31-52(44)56(54(46)35-38)48-27-10-4-20-40(48)41-21-5-11-28-49(41)56/h1-15,17-36H,16H2. The zero-order chi connectivity index (χ0) is 38.0. The van der Waals surface area contributed by atoms with Crippen LogP contribution in [-0.4, -0.2) is 0 Å². The summed E-state index contributed by atoms with van der Waals surface area (Å²) in [6.45, 7) is 0. The van der Waals surface area contributed by atoms with E-state index >= 15 is 0 Å². The molecule has 0 atom stereocenters. The highest BCUT2D eigenvalue weighted by molar-refractivity contribution is 6.01. The van der Waals surface area contributed by atoms with Crippen molar-refractivity contribution < 1.29 is 0 Å². The minimum Gasteiger partial charge on any atom is -0.311 e. The Hall–Kier alpha value is -7.22. The van der Waals surface area contributed by atoms with Crippen LogP contribution in [0.1, 0.15) is 50.9 Å². The smallest absolute Gasteiger partial charge is 0.0726 e. The van der Waals surface area contributed by atoms with Crippen LogP contribution in [0.25, 0.3) is 39.0 Å². The third-order valence-electron chi connectivity index (χ3n) is 13.7. The van der Waals surface area contributed by atoms with Crippen molar-refractivity contribution in [2.75, 3.05) is 4.90 Å². The number of benzene rings is 8. The molecule has 2 spiro atoms. The predicted molar refractivity (Wildman–Crippen MR) is 238 cm³/mol. The number of fused-ring (bicyclic) bond motifs is 20. The maximum atomic E-state index is 2.53. The topological polar surface area (TPSA) is 3.24 Å². The Bertz CT molecular complexity index is 3050. The van der Waals surface area contributed by atoms with Crippen LogP contribution in [0.2, 0.25) is 0 Å². The molecule has 0 bridgehead atoms. The second kappa shape index (κ2) is 11.7. The van der Waals surface area contributed by atoms with Crippen molar-refractivity contribution >= 4 is 16.9 Å². The summed E-state index contributed by atoms with van der Waals surface area (Å²) in [7, 11) is 0. The molecule has 0 heterocycles. The lowest BCUT2D eigenvalue weighted by Crippen LogP contribution is -2.27. The molecule has 8 aromatic rings. The zero-order valence-electron chi connectivity index (χ0n) is 31.9. The zero-order valence-corrected chi connectivity index (χ0v) is 31.9. The minimum atomic E-state index is -0.428. The lowest BCUT2D eigenvalue weighted by molar-refractivity contribution is 0.792. The Labute approximate surface area is 339 Å². The van der Waals surface area contributed by atoms with E-state index in [2.05, 4.69) is 217 Å². The van der Waals surface area contributed by atoms with Crippen LogP contribution in [0.5, 0.6) is 0 Å². The summed E-state index contributed by atoms with van der Waals surface area (Å²) in [5.74, 6) is 0. The highest BCUT2D eigenvalue weighted by atomic mass is 15.1. The largest absolute Gasteiger partial charge is 0.311 e. The third kappa shape index (κ3) is 3.86. The Balaban J connectivity index is 1.07. The van der Waals surface area contributed by atoms with Gasteiger partial charge in [0.1, 0.15) is 0 Å². The molecule has 0 aliphatic heterocycles. The van der Waals surface area contributed by atoms with Gasteiger partial charge in [0.05, 0.1) is 10.8 Å².